The molecule has 2 nitrogen and oxygen atoms in total. The minimum atomic E-state index is -0.261. The van der Waals surface area contributed by atoms with E-state index in [0.717, 1.165) is 18.8 Å². The van der Waals surface area contributed by atoms with E-state index >= 15 is 0 Å². The Bertz CT molecular complexity index is 233. The SMILES string of the molecule is C=C(CCCCCCCCC(C)CC)C(=O)OC. The third kappa shape index (κ3) is 9.26. The molecule has 0 saturated heterocycles. The Morgan fingerprint density at radius 1 is 1.11 bits per heavy atom. The fourth-order valence-corrected chi connectivity index (χ4v) is 1.99. The van der Waals surface area contributed by atoms with Gasteiger partial charge in [-0.1, -0.05) is 65.4 Å². The zero-order valence-corrected chi connectivity index (χ0v) is 12.5. The third-order valence-electron chi connectivity index (χ3n) is 3.60. The van der Waals surface area contributed by atoms with Gasteiger partial charge in [-0.25, -0.2) is 4.79 Å². The molecule has 0 aliphatic heterocycles. The molecule has 0 N–H and O–H groups in total. The van der Waals surface area contributed by atoms with E-state index in [9.17, 15) is 4.79 Å². The van der Waals surface area contributed by atoms with Crippen molar-refractivity contribution < 1.29 is 9.53 Å². The number of esters is 1. The number of unbranched alkanes of at least 4 members (excludes halogenated alkanes) is 5. The van der Waals surface area contributed by atoms with E-state index in [2.05, 4.69) is 25.2 Å². The Morgan fingerprint density at radius 2 is 1.67 bits per heavy atom. The van der Waals surface area contributed by atoms with Gasteiger partial charge in [-0.05, 0) is 18.8 Å². The maximum Gasteiger partial charge on any atom is 0.333 e. The topological polar surface area (TPSA) is 26.3 Å². The molecule has 0 saturated carbocycles. The van der Waals surface area contributed by atoms with Crippen LogP contribution in [-0.4, -0.2) is 13.1 Å². The van der Waals surface area contributed by atoms with E-state index in [1.54, 1.807) is 0 Å². The summed E-state index contributed by atoms with van der Waals surface area (Å²) in [6, 6.07) is 0. The van der Waals surface area contributed by atoms with E-state index in [1.165, 1.54) is 52.1 Å². The highest BCUT2D eigenvalue weighted by atomic mass is 16.5. The van der Waals surface area contributed by atoms with E-state index in [0.29, 0.717) is 5.57 Å². The first-order chi connectivity index (χ1) is 8.61. The normalized spacial score (nSPS) is 12.2. The molecular weight excluding hydrogens is 224 g/mol. The van der Waals surface area contributed by atoms with Gasteiger partial charge >= 0.3 is 5.97 Å². The predicted octanol–water partition coefficient (Wildman–Crippen LogP) is 4.88. The first kappa shape index (κ1) is 17.2. The van der Waals surface area contributed by atoms with Gasteiger partial charge in [-0.3, -0.25) is 0 Å². The van der Waals surface area contributed by atoms with Crippen LogP contribution in [0.3, 0.4) is 0 Å². The van der Waals surface area contributed by atoms with Gasteiger partial charge in [-0.15, -0.1) is 0 Å². The van der Waals surface area contributed by atoms with Crippen molar-refractivity contribution in [3.05, 3.63) is 12.2 Å². The van der Waals surface area contributed by atoms with Crippen LogP contribution < -0.4 is 0 Å². The smallest absolute Gasteiger partial charge is 0.333 e. The summed E-state index contributed by atoms with van der Waals surface area (Å²) in [5, 5.41) is 0. The molecule has 18 heavy (non-hydrogen) atoms. The molecule has 1 atom stereocenters. The van der Waals surface area contributed by atoms with Crippen molar-refractivity contribution in [2.45, 2.75) is 71.6 Å². The van der Waals surface area contributed by atoms with Crippen molar-refractivity contribution in [1.29, 1.82) is 0 Å². The zero-order chi connectivity index (χ0) is 13.8. The summed E-state index contributed by atoms with van der Waals surface area (Å²) >= 11 is 0. The lowest BCUT2D eigenvalue weighted by Gasteiger charge is -2.07. The molecule has 0 amide bonds. The lowest BCUT2D eigenvalue weighted by molar-refractivity contribution is -0.136. The first-order valence-electron chi connectivity index (χ1n) is 7.37. The third-order valence-corrected chi connectivity index (χ3v) is 3.60. The summed E-state index contributed by atoms with van der Waals surface area (Å²) in [5.74, 6) is 0.622. The van der Waals surface area contributed by atoms with Crippen LogP contribution in [0.2, 0.25) is 0 Å². The molecule has 0 aromatic rings. The summed E-state index contributed by atoms with van der Waals surface area (Å²) in [4.78, 5) is 11.1. The second-order valence-corrected chi connectivity index (χ2v) is 5.27. The van der Waals surface area contributed by atoms with Gasteiger partial charge < -0.3 is 4.74 Å². The molecule has 0 heterocycles. The number of ether oxygens (including phenoxy) is 1. The lowest BCUT2D eigenvalue weighted by atomic mass is 9.99. The standard InChI is InChI=1S/C16H30O2/c1-5-14(2)12-10-8-6-7-9-11-13-15(3)16(17)18-4/h14H,3,5-13H2,1-2,4H3. The van der Waals surface area contributed by atoms with Crippen LogP contribution >= 0.6 is 0 Å². The molecule has 0 aromatic carbocycles. The Kier molecular flexibility index (Phi) is 10.8. The lowest BCUT2D eigenvalue weighted by Crippen LogP contribution is -2.03. The molecular formula is C16H30O2. The van der Waals surface area contributed by atoms with Crippen molar-refractivity contribution in [1.82, 2.24) is 0 Å². The fourth-order valence-electron chi connectivity index (χ4n) is 1.99. The van der Waals surface area contributed by atoms with E-state index in [-0.39, 0.29) is 5.97 Å². The van der Waals surface area contributed by atoms with Crippen LogP contribution in [0, 0.1) is 5.92 Å². The number of hydrogen-bond donors (Lipinski definition) is 0. The molecule has 0 aromatic heterocycles. The fraction of sp³-hybridized carbons (Fsp3) is 0.812. The highest BCUT2D eigenvalue weighted by Crippen LogP contribution is 2.15. The van der Waals surface area contributed by atoms with Gasteiger partial charge in [-0.2, -0.15) is 0 Å². The van der Waals surface area contributed by atoms with E-state index < -0.39 is 0 Å². The van der Waals surface area contributed by atoms with Gasteiger partial charge in [0.05, 0.1) is 7.11 Å². The summed E-state index contributed by atoms with van der Waals surface area (Å²) in [6.07, 6.45) is 11.0. The van der Waals surface area contributed by atoms with Gasteiger partial charge in [0.2, 0.25) is 0 Å². The minimum Gasteiger partial charge on any atom is -0.466 e. The highest BCUT2D eigenvalue weighted by Gasteiger charge is 2.05. The van der Waals surface area contributed by atoms with Crippen molar-refractivity contribution in [2.75, 3.05) is 7.11 Å². The Morgan fingerprint density at radius 3 is 2.22 bits per heavy atom. The predicted molar refractivity (Wildman–Crippen MR) is 77.5 cm³/mol. The summed E-state index contributed by atoms with van der Waals surface area (Å²) in [7, 11) is 1.41. The van der Waals surface area contributed by atoms with Crippen molar-refractivity contribution >= 4 is 5.97 Å². The Hall–Kier alpha value is -0.790. The number of carbonyl (C=O) groups excluding carboxylic acids is 1. The maximum atomic E-state index is 11.1. The molecule has 0 bridgehead atoms. The average Bonchev–Trinajstić information content (AvgIpc) is 2.39. The minimum absolute atomic E-state index is 0.261. The van der Waals surface area contributed by atoms with E-state index in [1.807, 2.05) is 0 Å². The molecule has 0 spiro atoms. The summed E-state index contributed by atoms with van der Waals surface area (Å²) in [6.45, 7) is 8.32. The van der Waals surface area contributed by atoms with Crippen LogP contribution in [0.1, 0.15) is 71.6 Å². The quantitative estimate of drug-likeness (QED) is 0.298. The molecule has 106 valence electrons. The van der Waals surface area contributed by atoms with Crippen LogP contribution in [0.4, 0.5) is 0 Å². The monoisotopic (exact) mass is 254 g/mol. The molecule has 1 unspecified atom stereocenters. The van der Waals surface area contributed by atoms with Crippen LogP contribution in [-0.2, 0) is 9.53 Å². The Labute approximate surface area is 113 Å². The first-order valence-corrected chi connectivity index (χ1v) is 7.37. The number of hydrogen-bond acceptors (Lipinski definition) is 2. The molecule has 0 aliphatic rings. The molecule has 2 heteroatoms. The number of rotatable bonds is 11. The number of carbonyl (C=O) groups is 1. The average molecular weight is 254 g/mol. The highest BCUT2D eigenvalue weighted by molar-refractivity contribution is 5.87. The van der Waals surface area contributed by atoms with E-state index in [4.69, 9.17) is 0 Å². The largest absolute Gasteiger partial charge is 0.466 e. The van der Waals surface area contributed by atoms with Gasteiger partial charge in [0.25, 0.3) is 0 Å². The van der Waals surface area contributed by atoms with Gasteiger partial charge in [0, 0.05) is 5.57 Å². The van der Waals surface area contributed by atoms with Crippen LogP contribution in [0.15, 0.2) is 12.2 Å². The van der Waals surface area contributed by atoms with Crippen molar-refractivity contribution in [3.63, 3.8) is 0 Å². The Balaban J connectivity index is 3.26. The summed E-state index contributed by atoms with van der Waals surface area (Å²) < 4.78 is 4.62. The molecule has 0 radical (unpaired) electrons. The van der Waals surface area contributed by atoms with Gasteiger partial charge in [0.15, 0.2) is 0 Å². The second kappa shape index (κ2) is 11.3. The number of methoxy groups -OCH3 is 1. The maximum absolute atomic E-state index is 11.1. The molecule has 0 aliphatic carbocycles. The van der Waals surface area contributed by atoms with Crippen LogP contribution in [0.5, 0.6) is 0 Å². The zero-order valence-electron chi connectivity index (χ0n) is 12.5. The molecule has 0 fully saturated rings. The van der Waals surface area contributed by atoms with Crippen molar-refractivity contribution in [3.8, 4) is 0 Å². The molecule has 0 rings (SSSR count). The van der Waals surface area contributed by atoms with Gasteiger partial charge in [0.1, 0.15) is 0 Å². The second-order valence-electron chi connectivity index (χ2n) is 5.27. The summed E-state index contributed by atoms with van der Waals surface area (Å²) in [5.41, 5.74) is 0.606. The van der Waals surface area contributed by atoms with Crippen molar-refractivity contribution in [2.24, 2.45) is 5.92 Å². The van der Waals surface area contributed by atoms with Crippen LogP contribution in [0.25, 0.3) is 0 Å².